The van der Waals surface area contributed by atoms with Gasteiger partial charge in [0.15, 0.2) is 5.43 Å². The van der Waals surface area contributed by atoms with E-state index in [1.165, 1.54) is 6.07 Å². The Hall–Kier alpha value is -2.21. The molecule has 1 unspecified atom stereocenters. The van der Waals surface area contributed by atoms with E-state index in [0.717, 1.165) is 45.3 Å². The molecule has 2 aliphatic rings. The molecule has 138 valence electrons. The van der Waals surface area contributed by atoms with Gasteiger partial charge in [0.25, 0.3) is 0 Å². The van der Waals surface area contributed by atoms with Crippen LogP contribution in [0.3, 0.4) is 0 Å². The number of rotatable bonds is 3. The number of carbonyl (C=O) groups is 1. The van der Waals surface area contributed by atoms with Crippen LogP contribution in [-0.2, 0) is 11.3 Å². The second-order valence-electron chi connectivity index (χ2n) is 7.43. The molecule has 6 heteroatoms. The van der Waals surface area contributed by atoms with E-state index in [0.29, 0.717) is 24.2 Å². The van der Waals surface area contributed by atoms with Crippen LogP contribution < -0.4 is 5.43 Å². The van der Waals surface area contributed by atoms with E-state index >= 15 is 0 Å². The summed E-state index contributed by atoms with van der Waals surface area (Å²) in [5.41, 5.74) is 0.786. The highest BCUT2D eigenvalue weighted by Crippen LogP contribution is 2.22. The van der Waals surface area contributed by atoms with E-state index in [9.17, 15) is 14.0 Å². The van der Waals surface area contributed by atoms with E-state index in [1.807, 2.05) is 4.90 Å². The molecule has 0 radical (unpaired) electrons. The molecule has 1 atom stereocenters. The van der Waals surface area contributed by atoms with E-state index in [1.54, 1.807) is 18.2 Å². The van der Waals surface area contributed by atoms with Crippen LogP contribution >= 0.6 is 0 Å². The lowest BCUT2D eigenvalue weighted by Crippen LogP contribution is -2.43. The molecular weight excluding hydrogens is 333 g/mol. The van der Waals surface area contributed by atoms with Crippen LogP contribution in [0.25, 0.3) is 10.9 Å². The standard InChI is InChI=1S/C20H24FN3O2/c21-17-7-3-6-16-18(25)11-15(22-19(16)17)13-23-8-4-5-14(12-23)20(26)24-9-1-2-10-24/h3,6-7,11,14H,1-2,4-5,8-10,12-13H2,(H,22,25). The predicted molar refractivity (Wildman–Crippen MR) is 98.3 cm³/mol. The number of halogens is 1. The number of hydrogen-bond donors (Lipinski definition) is 1. The molecule has 0 aliphatic carbocycles. The van der Waals surface area contributed by atoms with Crippen molar-refractivity contribution in [1.29, 1.82) is 0 Å². The lowest BCUT2D eigenvalue weighted by Gasteiger charge is -2.33. The Bertz CT molecular complexity index is 873. The molecule has 1 N–H and O–H groups in total. The Morgan fingerprint density at radius 1 is 1.19 bits per heavy atom. The molecule has 3 heterocycles. The average molecular weight is 357 g/mol. The number of aromatic amines is 1. The normalized spacial score (nSPS) is 21.4. The highest BCUT2D eigenvalue weighted by atomic mass is 19.1. The zero-order valence-corrected chi connectivity index (χ0v) is 14.8. The first-order valence-corrected chi connectivity index (χ1v) is 9.43. The molecule has 1 amide bonds. The van der Waals surface area contributed by atoms with Crippen LogP contribution in [0, 0.1) is 11.7 Å². The number of benzene rings is 1. The number of carbonyl (C=O) groups excluding carboxylic acids is 1. The third kappa shape index (κ3) is 3.38. The number of para-hydroxylation sites is 1. The maximum absolute atomic E-state index is 14.0. The zero-order chi connectivity index (χ0) is 18.1. The second kappa shape index (κ2) is 7.19. The van der Waals surface area contributed by atoms with Gasteiger partial charge < -0.3 is 9.88 Å². The molecule has 2 aliphatic heterocycles. The minimum atomic E-state index is -0.415. The van der Waals surface area contributed by atoms with E-state index < -0.39 is 5.82 Å². The highest BCUT2D eigenvalue weighted by Gasteiger charge is 2.30. The number of fused-ring (bicyclic) bond motifs is 1. The van der Waals surface area contributed by atoms with Gasteiger partial charge in [-0.05, 0) is 44.4 Å². The van der Waals surface area contributed by atoms with E-state index in [4.69, 9.17) is 0 Å². The van der Waals surface area contributed by atoms with Gasteiger partial charge in [0.2, 0.25) is 5.91 Å². The average Bonchev–Trinajstić information content (AvgIpc) is 3.17. The minimum Gasteiger partial charge on any atom is -0.355 e. The van der Waals surface area contributed by atoms with Gasteiger partial charge in [-0.3, -0.25) is 14.5 Å². The summed E-state index contributed by atoms with van der Waals surface area (Å²) in [6.45, 7) is 3.89. The van der Waals surface area contributed by atoms with Gasteiger partial charge in [0, 0.05) is 43.3 Å². The van der Waals surface area contributed by atoms with Crippen LogP contribution in [0.1, 0.15) is 31.4 Å². The Morgan fingerprint density at radius 2 is 2.00 bits per heavy atom. The zero-order valence-electron chi connectivity index (χ0n) is 14.8. The molecule has 2 aromatic rings. The minimum absolute atomic E-state index is 0.0331. The van der Waals surface area contributed by atoms with Crippen molar-refractivity contribution < 1.29 is 9.18 Å². The van der Waals surface area contributed by atoms with E-state index in [-0.39, 0.29) is 22.8 Å². The Kier molecular flexibility index (Phi) is 4.76. The van der Waals surface area contributed by atoms with Crippen molar-refractivity contribution in [3.8, 4) is 0 Å². The van der Waals surface area contributed by atoms with Crippen LogP contribution in [-0.4, -0.2) is 46.9 Å². The molecule has 0 saturated carbocycles. The number of aromatic nitrogens is 1. The summed E-state index contributed by atoms with van der Waals surface area (Å²) < 4.78 is 14.0. The molecular formula is C20H24FN3O2. The van der Waals surface area contributed by atoms with Crippen molar-refractivity contribution in [3.63, 3.8) is 0 Å². The number of likely N-dealkylation sites (tertiary alicyclic amines) is 2. The fourth-order valence-corrected chi connectivity index (χ4v) is 4.21. The van der Waals surface area contributed by atoms with Crippen LogP contribution in [0.4, 0.5) is 4.39 Å². The summed E-state index contributed by atoms with van der Waals surface area (Å²) in [5, 5.41) is 0.370. The van der Waals surface area contributed by atoms with E-state index in [2.05, 4.69) is 9.88 Å². The number of hydrogen-bond acceptors (Lipinski definition) is 3. The number of nitrogens with zero attached hydrogens (tertiary/aromatic N) is 2. The molecule has 26 heavy (non-hydrogen) atoms. The predicted octanol–water partition coefficient (Wildman–Crippen LogP) is 2.50. The van der Waals surface area contributed by atoms with Crippen molar-refractivity contribution in [2.24, 2.45) is 5.92 Å². The Balaban J connectivity index is 1.50. The summed E-state index contributed by atoms with van der Waals surface area (Å²) in [7, 11) is 0. The quantitative estimate of drug-likeness (QED) is 0.918. The van der Waals surface area contributed by atoms with Crippen molar-refractivity contribution in [2.75, 3.05) is 26.2 Å². The smallest absolute Gasteiger partial charge is 0.226 e. The third-order valence-electron chi connectivity index (χ3n) is 5.54. The summed E-state index contributed by atoms with van der Waals surface area (Å²) >= 11 is 0. The number of amides is 1. The van der Waals surface area contributed by atoms with Crippen molar-refractivity contribution in [2.45, 2.75) is 32.2 Å². The number of pyridine rings is 1. The first kappa shape index (κ1) is 17.2. The topological polar surface area (TPSA) is 56.4 Å². The summed E-state index contributed by atoms with van der Waals surface area (Å²) in [6.07, 6.45) is 4.10. The van der Waals surface area contributed by atoms with Gasteiger partial charge in [-0.15, -0.1) is 0 Å². The number of H-pyrrole nitrogens is 1. The van der Waals surface area contributed by atoms with Gasteiger partial charge in [0.1, 0.15) is 5.82 Å². The molecule has 4 rings (SSSR count). The molecule has 2 fully saturated rings. The van der Waals surface area contributed by atoms with Gasteiger partial charge in [-0.2, -0.15) is 0 Å². The van der Waals surface area contributed by atoms with Crippen molar-refractivity contribution >= 4 is 16.8 Å². The van der Waals surface area contributed by atoms with Gasteiger partial charge in [-0.25, -0.2) is 4.39 Å². The van der Waals surface area contributed by atoms with Crippen molar-refractivity contribution in [1.82, 2.24) is 14.8 Å². The fraction of sp³-hybridized carbons (Fsp3) is 0.500. The molecule has 5 nitrogen and oxygen atoms in total. The van der Waals surface area contributed by atoms with Crippen LogP contribution in [0.15, 0.2) is 29.1 Å². The largest absolute Gasteiger partial charge is 0.355 e. The number of nitrogens with one attached hydrogen (secondary N) is 1. The van der Waals surface area contributed by atoms with Crippen LogP contribution in [0.2, 0.25) is 0 Å². The lowest BCUT2D eigenvalue weighted by molar-refractivity contribution is -0.136. The van der Waals surface area contributed by atoms with Gasteiger partial charge in [-0.1, -0.05) is 6.07 Å². The summed E-state index contributed by atoms with van der Waals surface area (Å²) in [5.74, 6) is -0.113. The van der Waals surface area contributed by atoms with Gasteiger partial charge in [0.05, 0.1) is 11.4 Å². The lowest BCUT2D eigenvalue weighted by atomic mass is 9.96. The second-order valence-corrected chi connectivity index (χ2v) is 7.43. The molecule has 1 aromatic heterocycles. The molecule has 1 aromatic carbocycles. The maximum Gasteiger partial charge on any atom is 0.226 e. The monoisotopic (exact) mass is 357 g/mol. The molecule has 0 bridgehead atoms. The number of piperidine rings is 1. The Morgan fingerprint density at radius 3 is 2.81 bits per heavy atom. The van der Waals surface area contributed by atoms with Crippen LogP contribution in [0.5, 0.6) is 0 Å². The third-order valence-corrected chi connectivity index (χ3v) is 5.54. The summed E-state index contributed by atoms with van der Waals surface area (Å²) in [4.78, 5) is 32.2. The first-order valence-electron chi connectivity index (χ1n) is 9.43. The summed E-state index contributed by atoms with van der Waals surface area (Å²) in [6, 6.07) is 6.08. The fourth-order valence-electron chi connectivity index (χ4n) is 4.21. The molecule has 2 saturated heterocycles. The maximum atomic E-state index is 14.0. The molecule has 0 spiro atoms. The highest BCUT2D eigenvalue weighted by molar-refractivity contribution is 5.80. The SMILES string of the molecule is O=C(C1CCCN(Cc2cc(=O)c3cccc(F)c3[nH]2)C1)N1CCCC1. The first-order chi connectivity index (χ1) is 12.6. The Labute approximate surface area is 151 Å². The van der Waals surface area contributed by atoms with Crippen molar-refractivity contribution in [3.05, 3.63) is 46.0 Å². The van der Waals surface area contributed by atoms with Gasteiger partial charge >= 0.3 is 0 Å².